The molecule has 0 aromatic heterocycles. The summed E-state index contributed by atoms with van der Waals surface area (Å²) in [6.07, 6.45) is 1.35. The van der Waals surface area contributed by atoms with Gasteiger partial charge in [-0.1, -0.05) is 52.3 Å². The monoisotopic (exact) mass is 337 g/mol. The minimum absolute atomic E-state index is 0.235. The van der Waals surface area contributed by atoms with E-state index in [2.05, 4.69) is 20.3 Å². The van der Waals surface area contributed by atoms with Crippen molar-refractivity contribution in [2.24, 2.45) is 4.40 Å². The van der Waals surface area contributed by atoms with Gasteiger partial charge >= 0.3 is 0 Å². The van der Waals surface area contributed by atoms with Gasteiger partial charge in [0.15, 0.2) is 0 Å². The van der Waals surface area contributed by atoms with Crippen molar-refractivity contribution >= 4 is 32.2 Å². The molecule has 0 bridgehead atoms. The first kappa shape index (κ1) is 14.0. The van der Waals surface area contributed by atoms with Gasteiger partial charge in [-0.2, -0.15) is 12.8 Å². The fourth-order valence-electron chi connectivity index (χ4n) is 1.61. The maximum absolute atomic E-state index is 12.1. The van der Waals surface area contributed by atoms with Crippen LogP contribution in [0.5, 0.6) is 0 Å². The van der Waals surface area contributed by atoms with E-state index >= 15 is 0 Å². The van der Waals surface area contributed by atoms with E-state index < -0.39 is 10.0 Å². The van der Waals surface area contributed by atoms with Gasteiger partial charge in [0.05, 0.1) is 4.90 Å². The summed E-state index contributed by atoms with van der Waals surface area (Å²) in [5, 5.41) is 0. The van der Waals surface area contributed by atoms with Gasteiger partial charge in [0.25, 0.3) is 10.0 Å². The minimum Gasteiger partial charge on any atom is -0.199 e. The molecule has 0 unspecified atom stereocenters. The molecule has 5 heteroatoms. The largest absolute Gasteiger partial charge is 0.282 e. The molecule has 0 saturated carbocycles. The first-order chi connectivity index (χ1) is 9.00. The summed E-state index contributed by atoms with van der Waals surface area (Å²) in [7, 11) is -3.66. The molecule has 0 N–H and O–H groups in total. The molecule has 0 amide bonds. The second-order valence-corrected chi connectivity index (χ2v) is 6.45. The summed E-state index contributed by atoms with van der Waals surface area (Å²) < 4.78 is 28.8. The van der Waals surface area contributed by atoms with Gasteiger partial charge in [-0.05, 0) is 24.6 Å². The average Bonchev–Trinajstić information content (AvgIpc) is 2.38. The van der Waals surface area contributed by atoms with Crippen molar-refractivity contribution in [2.75, 3.05) is 0 Å². The highest BCUT2D eigenvalue weighted by molar-refractivity contribution is 9.10. The van der Waals surface area contributed by atoms with E-state index in [0.29, 0.717) is 5.56 Å². The first-order valence-electron chi connectivity index (χ1n) is 5.61. The second kappa shape index (κ2) is 5.67. The van der Waals surface area contributed by atoms with Crippen molar-refractivity contribution < 1.29 is 8.42 Å². The van der Waals surface area contributed by atoms with E-state index in [0.717, 1.165) is 10.0 Å². The number of nitrogens with zero attached hydrogens (tertiary/aromatic N) is 1. The Hall–Kier alpha value is -1.46. The Balaban J connectivity index is 2.38. The molecule has 0 atom stereocenters. The quantitative estimate of drug-likeness (QED) is 0.804. The van der Waals surface area contributed by atoms with Gasteiger partial charge in [0, 0.05) is 16.3 Å². The summed E-state index contributed by atoms with van der Waals surface area (Å²) in [5.74, 6) is 0. The summed E-state index contributed by atoms with van der Waals surface area (Å²) in [6, 6.07) is 14.1. The molecule has 0 saturated heterocycles. The van der Waals surface area contributed by atoms with Crippen LogP contribution in [0, 0.1) is 6.92 Å². The summed E-state index contributed by atoms with van der Waals surface area (Å²) in [4.78, 5) is 0.235. The molecule has 0 aliphatic heterocycles. The van der Waals surface area contributed by atoms with Crippen LogP contribution in [-0.4, -0.2) is 14.6 Å². The molecular formula is C14H12BrNO2S. The van der Waals surface area contributed by atoms with Gasteiger partial charge in [0.1, 0.15) is 0 Å². The van der Waals surface area contributed by atoms with Gasteiger partial charge in [-0.3, -0.25) is 0 Å². The van der Waals surface area contributed by atoms with Gasteiger partial charge in [-0.15, -0.1) is 0 Å². The van der Waals surface area contributed by atoms with Gasteiger partial charge < -0.3 is 0 Å². The van der Waals surface area contributed by atoms with Crippen molar-refractivity contribution in [2.45, 2.75) is 11.8 Å². The number of aryl methyl sites for hydroxylation is 1. The fourth-order valence-corrected chi connectivity index (χ4v) is 3.09. The van der Waals surface area contributed by atoms with E-state index in [1.54, 1.807) is 37.3 Å². The van der Waals surface area contributed by atoms with Crippen LogP contribution < -0.4 is 0 Å². The molecule has 3 nitrogen and oxygen atoms in total. The van der Waals surface area contributed by atoms with Gasteiger partial charge in [0.2, 0.25) is 0 Å². The first-order valence-corrected chi connectivity index (χ1v) is 7.84. The summed E-state index contributed by atoms with van der Waals surface area (Å²) in [5.41, 5.74) is 1.41. The number of sulfonamides is 1. The normalized spacial score (nSPS) is 11.9. The maximum atomic E-state index is 12.1. The Morgan fingerprint density at radius 1 is 1.05 bits per heavy atom. The summed E-state index contributed by atoms with van der Waals surface area (Å²) in [6.45, 7) is 1.75. The van der Waals surface area contributed by atoms with E-state index in [1.807, 2.05) is 18.2 Å². The maximum Gasteiger partial charge on any atom is 0.282 e. The van der Waals surface area contributed by atoms with Crippen LogP contribution in [0.2, 0.25) is 0 Å². The number of benzene rings is 2. The topological polar surface area (TPSA) is 46.5 Å². The Labute approximate surface area is 121 Å². The lowest BCUT2D eigenvalue weighted by molar-refractivity contribution is 0.597. The van der Waals surface area contributed by atoms with Crippen LogP contribution in [-0.2, 0) is 10.0 Å². The van der Waals surface area contributed by atoms with Crippen LogP contribution in [0.25, 0.3) is 0 Å². The average molecular weight is 338 g/mol. The molecule has 2 rings (SSSR count). The van der Waals surface area contributed by atoms with Crippen LogP contribution in [0.1, 0.15) is 11.1 Å². The van der Waals surface area contributed by atoms with Crippen molar-refractivity contribution in [1.29, 1.82) is 0 Å². The highest BCUT2D eigenvalue weighted by atomic mass is 79.9. The zero-order valence-corrected chi connectivity index (χ0v) is 12.6. The molecule has 0 aliphatic carbocycles. The third-order valence-electron chi connectivity index (χ3n) is 2.61. The Bertz CT molecular complexity index is 724. The third-order valence-corrected chi connectivity index (χ3v) is 4.73. The molecule has 2 aromatic rings. The van der Waals surface area contributed by atoms with E-state index in [-0.39, 0.29) is 4.90 Å². The standard InChI is InChI=1S/C14H12BrNO2S/c1-11-6-2-5-9-14(11)19(17,18)16-10-12-7-3-4-8-13(12)15/h2-10H,1H3/b16-10+. The molecule has 0 heterocycles. The fraction of sp³-hybridized carbons (Fsp3) is 0.0714. The van der Waals surface area contributed by atoms with E-state index in [1.165, 1.54) is 6.21 Å². The number of hydrogen-bond donors (Lipinski definition) is 0. The van der Waals surface area contributed by atoms with Crippen molar-refractivity contribution in [3.63, 3.8) is 0 Å². The highest BCUT2D eigenvalue weighted by Crippen LogP contribution is 2.18. The zero-order chi connectivity index (χ0) is 13.9. The van der Waals surface area contributed by atoms with Crippen molar-refractivity contribution in [3.8, 4) is 0 Å². The molecule has 0 radical (unpaired) electrons. The third kappa shape index (κ3) is 3.30. The molecule has 0 spiro atoms. The number of rotatable bonds is 3. The Kier molecular flexibility index (Phi) is 4.17. The summed E-state index contributed by atoms with van der Waals surface area (Å²) >= 11 is 3.35. The highest BCUT2D eigenvalue weighted by Gasteiger charge is 2.13. The zero-order valence-electron chi connectivity index (χ0n) is 10.2. The lowest BCUT2D eigenvalue weighted by atomic mass is 10.2. The molecule has 19 heavy (non-hydrogen) atoms. The molecule has 0 fully saturated rings. The van der Waals surface area contributed by atoms with Crippen LogP contribution >= 0.6 is 15.9 Å². The van der Waals surface area contributed by atoms with Gasteiger partial charge in [-0.25, -0.2) is 0 Å². The Morgan fingerprint density at radius 3 is 2.37 bits per heavy atom. The predicted molar refractivity (Wildman–Crippen MR) is 80.1 cm³/mol. The molecule has 98 valence electrons. The molecule has 2 aromatic carbocycles. The van der Waals surface area contributed by atoms with Crippen LogP contribution in [0.15, 0.2) is 62.3 Å². The molecule has 0 aliphatic rings. The minimum atomic E-state index is -3.66. The Morgan fingerprint density at radius 2 is 1.68 bits per heavy atom. The van der Waals surface area contributed by atoms with Crippen molar-refractivity contribution in [1.82, 2.24) is 0 Å². The predicted octanol–water partition coefficient (Wildman–Crippen LogP) is 3.57. The molecular weight excluding hydrogens is 326 g/mol. The van der Waals surface area contributed by atoms with Crippen molar-refractivity contribution in [3.05, 3.63) is 64.1 Å². The lowest BCUT2D eigenvalue weighted by Crippen LogP contribution is -2.00. The second-order valence-electron chi connectivity index (χ2n) is 4.00. The SMILES string of the molecule is Cc1ccccc1S(=O)(=O)/N=C/c1ccccc1Br. The van der Waals surface area contributed by atoms with Crippen LogP contribution in [0.4, 0.5) is 0 Å². The number of halogens is 1. The van der Waals surface area contributed by atoms with Crippen LogP contribution in [0.3, 0.4) is 0 Å². The smallest absolute Gasteiger partial charge is 0.199 e. The number of hydrogen-bond acceptors (Lipinski definition) is 2. The van der Waals surface area contributed by atoms with E-state index in [4.69, 9.17) is 0 Å². The van der Waals surface area contributed by atoms with E-state index in [9.17, 15) is 8.42 Å². The lowest BCUT2D eigenvalue weighted by Gasteiger charge is -2.02.